The van der Waals surface area contributed by atoms with Gasteiger partial charge in [0.15, 0.2) is 0 Å². The number of pyridine rings is 1. The van der Waals surface area contributed by atoms with Crippen LogP contribution < -0.4 is 15.4 Å². The van der Waals surface area contributed by atoms with Crippen molar-refractivity contribution in [3.05, 3.63) is 83.8 Å². The molecule has 0 saturated carbocycles. The van der Waals surface area contributed by atoms with Crippen molar-refractivity contribution in [2.45, 2.75) is 19.6 Å². The Hall–Kier alpha value is -4.01. The second-order valence-corrected chi connectivity index (χ2v) is 7.49. The van der Waals surface area contributed by atoms with E-state index in [0.29, 0.717) is 12.2 Å². The molecule has 0 aliphatic rings. The molecule has 2 heterocycles. The fourth-order valence-corrected chi connectivity index (χ4v) is 3.74. The lowest BCUT2D eigenvalue weighted by Crippen LogP contribution is -2.20. The van der Waals surface area contributed by atoms with E-state index in [1.54, 1.807) is 18.5 Å². The number of ether oxygens (including phenoxy) is 1. The average Bonchev–Trinajstić information content (AvgIpc) is 3.10. The minimum Gasteiger partial charge on any atom is -0.495 e. The number of amides is 2. The standard InChI is InChI=1S/C24H21F3N4O2/c1-15-13-31(14-16-8-10-28-11-9-16)20-5-3-4-18(22(15)20)29-23(32)30-19-12-17(24(25,26)27)6-7-21(19)33-2/h3-13H,14H2,1-2H3,(H2,29,30,32). The first-order valence-electron chi connectivity index (χ1n) is 10.1. The number of benzene rings is 2. The Morgan fingerprint density at radius 2 is 1.79 bits per heavy atom. The number of carbonyl (C=O) groups excluding carboxylic acids is 1. The van der Waals surface area contributed by atoms with Gasteiger partial charge in [-0.2, -0.15) is 13.2 Å². The number of urea groups is 1. The zero-order valence-electron chi connectivity index (χ0n) is 17.9. The number of aromatic nitrogens is 2. The molecule has 2 amide bonds. The fourth-order valence-electron chi connectivity index (χ4n) is 3.74. The van der Waals surface area contributed by atoms with Crippen LogP contribution in [-0.4, -0.2) is 22.7 Å². The van der Waals surface area contributed by atoms with Crippen molar-refractivity contribution in [3.63, 3.8) is 0 Å². The molecule has 4 rings (SSSR count). The first-order valence-corrected chi connectivity index (χ1v) is 10.1. The summed E-state index contributed by atoms with van der Waals surface area (Å²) in [7, 11) is 1.32. The summed E-state index contributed by atoms with van der Waals surface area (Å²) in [5.74, 6) is 0.121. The number of carbonyl (C=O) groups is 1. The maximum Gasteiger partial charge on any atom is 0.416 e. The number of hydrogen-bond donors (Lipinski definition) is 2. The molecular formula is C24H21F3N4O2. The zero-order chi connectivity index (χ0) is 23.6. The largest absolute Gasteiger partial charge is 0.495 e. The molecule has 0 atom stereocenters. The molecule has 0 fully saturated rings. The molecule has 2 aromatic heterocycles. The number of nitrogens with one attached hydrogen (secondary N) is 2. The number of halogens is 3. The minimum atomic E-state index is -4.54. The van der Waals surface area contributed by atoms with Gasteiger partial charge in [0.05, 0.1) is 29.6 Å². The van der Waals surface area contributed by atoms with Crippen molar-refractivity contribution in [2.24, 2.45) is 0 Å². The van der Waals surface area contributed by atoms with E-state index in [0.717, 1.165) is 34.2 Å². The molecule has 33 heavy (non-hydrogen) atoms. The number of methoxy groups -OCH3 is 1. The summed E-state index contributed by atoms with van der Waals surface area (Å²) in [4.78, 5) is 16.7. The molecule has 0 saturated heterocycles. The van der Waals surface area contributed by atoms with E-state index in [-0.39, 0.29) is 11.4 Å². The smallest absolute Gasteiger partial charge is 0.416 e. The van der Waals surface area contributed by atoms with Crippen LogP contribution in [-0.2, 0) is 12.7 Å². The van der Waals surface area contributed by atoms with Gasteiger partial charge < -0.3 is 19.9 Å². The van der Waals surface area contributed by atoms with Crippen LogP contribution in [0.5, 0.6) is 5.75 Å². The molecule has 0 spiro atoms. The molecule has 0 unspecified atom stereocenters. The molecule has 2 N–H and O–H groups in total. The van der Waals surface area contributed by atoms with Gasteiger partial charge in [-0.15, -0.1) is 0 Å². The molecule has 4 aromatic rings. The second kappa shape index (κ2) is 8.85. The van der Waals surface area contributed by atoms with Gasteiger partial charge in [-0.3, -0.25) is 4.98 Å². The summed E-state index contributed by atoms with van der Waals surface area (Å²) in [5, 5.41) is 6.06. The Morgan fingerprint density at radius 1 is 1.06 bits per heavy atom. The summed E-state index contributed by atoms with van der Waals surface area (Å²) in [5.41, 5.74) is 2.52. The molecule has 0 aliphatic heterocycles. The summed E-state index contributed by atoms with van der Waals surface area (Å²) in [6.07, 6.45) is 0.907. The Morgan fingerprint density at radius 3 is 2.48 bits per heavy atom. The molecule has 0 radical (unpaired) electrons. The number of fused-ring (bicyclic) bond motifs is 1. The topological polar surface area (TPSA) is 68.2 Å². The van der Waals surface area contributed by atoms with Crippen LogP contribution in [0.25, 0.3) is 10.9 Å². The Labute approximate surface area is 188 Å². The lowest BCUT2D eigenvalue weighted by atomic mass is 10.1. The van der Waals surface area contributed by atoms with Crippen molar-refractivity contribution >= 4 is 28.3 Å². The third kappa shape index (κ3) is 4.77. The minimum absolute atomic E-state index is 0.0796. The van der Waals surface area contributed by atoms with Crippen molar-refractivity contribution in [1.29, 1.82) is 0 Å². The lowest BCUT2D eigenvalue weighted by molar-refractivity contribution is -0.137. The monoisotopic (exact) mass is 454 g/mol. The number of rotatable bonds is 5. The van der Waals surface area contributed by atoms with Crippen LogP contribution in [0.4, 0.5) is 29.3 Å². The van der Waals surface area contributed by atoms with Gasteiger partial charge in [-0.1, -0.05) is 6.07 Å². The SMILES string of the molecule is COc1ccc(C(F)(F)F)cc1NC(=O)Nc1cccc2c1c(C)cn2Cc1ccncc1. The van der Waals surface area contributed by atoms with Gasteiger partial charge in [0, 0.05) is 30.5 Å². The van der Waals surface area contributed by atoms with Gasteiger partial charge in [-0.25, -0.2) is 4.79 Å². The van der Waals surface area contributed by atoms with Crippen molar-refractivity contribution in [3.8, 4) is 5.75 Å². The second-order valence-electron chi connectivity index (χ2n) is 7.49. The van der Waals surface area contributed by atoms with E-state index in [2.05, 4.69) is 20.2 Å². The number of alkyl halides is 3. The first-order chi connectivity index (χ1) is 15.8. The van der Waals surface area contributed by atoms with Crippen LogP contribution in [0.3, 0.4) is 0 Å². The summed E-state index contributed by atoms with van der Waals surface area (Å²) >= 11 is 0. The van der Waals surface area contributed by atoms with Gasteiger partial charge in [-0.05, 0) is 60.5 Å². The van der Waals surface area contributed by atoms with Crippen LogP contribution in [0.2, 0.25) is 0 Å². The van der Waals surface area contributed by atoms with E-state index < -0.39 is 17.8 Å². The van der Waals surface area contributed by atoms with Crippen LogP contribution in [0.15, 0.2) is 67.1 Å². The average molecular weight is 454 g/mol. The Bertz CT molecular complexity index is 1300. The molecule has 170 valence electrons. The highest BCUT2D eigenvalue weighted by molar-refractivity contribution is 6.07. The van der Waals surface area contributed by atoms with E-state index in [9.17, 15) is 18.0 Å². The number of hydrogen-bond acceptors (Lipinski definition) is 3. The third-order valence-electron chi connectivity index (χ3n) is 5.22. The molecule has 9 heteroatoms. The summed E-state index contributed by atoms with van der Waals surface area (Å²) in [6, 6.07) is 11.6. The summed E-state index contributed by atoms with van der Waals surface area (Å²) in [6.45, 7) is 2.56. The summed E-state index contributed by atoms with van der Waals surface area (Å²) < 4.78 is 46.4. The van der Waals surface area contributed by atoms with Crippen LogP contribution >= 0.6 is 0 Å². The van der Waals surface area contributed by atoms with Crippen molar-refractivity contribution < 1.29 is 22.7 Å². The highest BCUT2D eigenvalue weighted by Crippen LogP contribution is 2.35. The van der Waals surface area contributed by atoms with Crippen LogP contribution in [0.1, 0.15) is 16.7 Å². The van der Waals surface area contributed by atoms with E-state index >= 15 is 0 Å². The van der Waals surface area contributed by atoms with Crippen LogP contribution in [0, 0.1) is 6.92 Å². The predicted octanol–water partition coefficient (Wildman–Crippen LogP) is 6.06. The zero-order valence-corrected chi connectivity index (χ0v) is 17.9. The fraction of sp³-hybridized carbons (Fsp3) is 0.167. The Balaban J connectivity index is 1.60. The highest BCUT2D eigenvalue weighted by Gasteiger charge is 2.31. The molecule has 6 nitrogen and oxygen atoms in total. The molecule has 0 bridgehead atoms. The maximum absolute atomic E-state index is 13.1. The molecule has 0 aliphatic carbocycles. The Kier molecular flexibility index (Phi) is 5.95. The predicted molar refractivity (Wildman–Crippen MR) is 121 cm³/mol. The number of nitrogens with zero attached hydrogens (tertiary/aromatic N) is 2. The van der Waals surface area contributed by atoms with Gasteiger partial charge >= 0.3 is 12.2 Å². The van der Waals surface area contributed by atoms with E-state index in [4.69, 9.17) is 4.74 Å². The quantitative estimate of drug-likeness (QED) is 0.385. The highest BCUT2D eigenvalue weighted by atomic mass is 19.4. The lowest BCUT2D eigenvalue weighted by Gasteiger charge is -2.15. The van der Waals surface area contributed by atoms with Crippen molar-refractivity contribution in [2.75, 3.05) is 17.7 Å². The van der Waals surface area contributed by atoms with Gasteiger partial charge in [0.1, 0.15) is 5.75 Å². The molecule has 2 aromatic carbocycles. The number of aryl methyl sites for hydroxylation is 1. The van der Waals surface area contributed by atoms with E-state index in [1.165, 1.54) is 13.2 Å². The first kappa shape index (κ1) is 22.2. The third-order valence-corrected chi connectivity index (χ3v) is 5.22. The molecular weight excluding hydrogens is 433 g/mol. The van der Waals surface area contributed by atoms with Gasteiger partial charge in [0.2, 0.25) is 0 Å². The number of anilines is 2. The van der Waals surface area contributed by atoms with Crippen molar-refractivity contribution in [1.82, 2.24) is 9.55 Å². The maximum atomic E-state index is 13.1. The van der Waals surface area contributed by atoms with E-state index in [1.807, 2.05) is 37.4 Å². The van der Waals surface area contributed by atoms with Gasteiger partial charge in [0.25, 0.3) is 0 Å². The normalized spacial score (nSPS) is 11.4.